The number of carbonyl (C=O) groups excluding carboxylic acids is 1. The van der Waals surface area contributed by atoms with Gasteiger partial charge in [-0.2, -0.15) is 0 Å². The number of hydrogen-bond donors (Lipinski definition) is 0. The number of nitrogens with zero attached hydrogens (tertiary/aromatic N) is 3. The number of amides is 1. The Hall–Kier alpha value is -2.18. The van der Waals surface area contributed by atoms with Crippen molar-refractivity contribution in [3.63, 3.8) is 0 Å². The van der Waals surface area contributed by atoms with E-state index in [1.807, 2.05) is 43.5 Å². The third-order valence-corrected chi connectivity index (χ3v) is 4.42. The van der Waals surface area contributed by atoms with Crippen molar-refractivity contribution >= 4 is 5.91 Å². The summed E-state index contributed by atoms with van der Waals surface area (Å²) < 4.78 is 20.4. The first-order valence-electron chi connectivity index (χ1n) is 8.73. The molecule has 0 aliphatic heterocycles. The monoisotopic (exact) mass is 361 g/mol. The molecule has 0 aliphatic carbocycles. The summed E-state index contributed by atoms with van der Waals surface area (Å²) in [6.07, 6.45) is 0. The molecule has 0 unspecified atom stereocenters. The van der Waals surface area contributed by atoms with E-state index in [1.54, 1.807) is 19.2 Å². The number of aryl methyl sites for hydroxylation is 1. The van der Waals surface area contributed by atoms with Crippen LogP contribution in [-0.2, 0) is 4.74 Å². The highest BCUT2D eigenvalue weighted by molar-refractivity contribution is 5.96. The summed E-state index contributed by atoms with van der Waals surface area (Å²) in [6.45, 7) is 6.33. The largest absolute Gasteiger partial charge is 0.383 e. The zero-order valence-corrected chi connectivity index (χ0v) is 16.3. The Morgan fingerprint density at radius 2 is 1.77 bits per heavy atom. The summed E-state index contributed by atoms with van der Waals surface area (Å²) in [6, 6.07) is 8.20. The molecule has 26 heavy (non-hydrogen) atoms. The van der Waals surface area contributed by atoms with Crippen LogP contribution in [0.4, 0.5) is 4.39 Å². The van der Waals surface area contributed by atoms with Gasteiger partial charge in [-0.25, -0.2) is 4.39 Å². The molecule has 0 fully saturated rings. The summed E-state index contributed by atoms with van der Waals surface area (Å²) >= 11 is 0. The first-order chi connectivity index (χ1) is 12.3. The fourth-order valence-corrected chi connectivity index (χ4v) is 2.97. The predicted octanol–water partition coefficient (Wildman–Crippen LogP) is 2.88. The zero-order chi connectivity index (χ0) is 19.3. The molecule has 1 aromatic heterocycles. The van der Waals surface area contributed by atoms with Crippen molar-refractivity contribution in [2.45, 2.75) is 13.8 Å². The molecule has 1 heterocycles. The minimum atomic E-state index is -0.276. The van der Waals surface area contributed by atoms with Gasteiger partial charge in [-0.3, -0.25) is 4.79 Å². The van der Waals surface area contributed by atoms with Gasteiger partial charge in [0.1, 0.15) is 5.82 Å². The average Bonchev–Trinajstić information content (AvgIpc) is 2.90. The Balaban J connectivity index is 2.32. The van der Waals surface area contributed by atoms with E-state index in [2.05, 4.69) is 4.90 Å². The van der Waals surface area contributed by atoms with Crippen LogP contribution >= 0.6 is 0 Å². The molecule has 0 N–H and O–H groups in total. The topological polar surface area (TPSA) is 37.7 Å². The summed E-state index contributed by atoms with van der Waals surface area (Å²) in [7, 11) is 5.60. The molecule has 0 bridgehead atoms. The van der Waals surface area contributed by atoms with Crippen molar-refractivity contribution < 1.29 is 13.9 Å². The van der Waals surface area contributed by atoms with E-state index < -0.39 is 0 Å². The smallest absolute Gasteiger partial charge is 0.255 e. The number of likely N-dealkylation sites (N-methyl/N-ethyl adjacent to an activating group) is 1. The van der Waals surface area contributed by atoms with Gasteiger partial charge in [0.15, 0.2) is 0 Å². The Morgan fingerprint density at radius 3 is 2.35 bits per heavy atom. The van der Waals surface area contributed by atoms with E-state index in [0.29, 0.717) is 25.3 Å². The van der Waals surface area contributed by atoms with Crippen LogP contribution in [0.1, 0.15) is 21.7 Å². The molecule has 6 heteroatoms. The highest BCUT2D eigenvalue weighted by Crippen LogP contribution is 2.22. The molecule has 0 saturated carbocycles. The molecule has 0 atom stereocenters. The second kappa shape index (κ2) is 8.96. The molecule has 2 aromatic rings. The first kappa shape index (κ1) is 20.1. The molecular formula is C20H28FN3O2. The Kier molecular flexibility index (Phi) is 6.94. The maximum absolute atomic E-state index is 13.2. The van der Waals surface area contributed by atoms with Gasteiger partial charge in [0.2, 0.25) is 0 Å². The van der Waals surface area contributed by atoms with Gasteiger partial charge in [-0.1, -0.05) is 0 Å². The highest BCUT2D eigenvalue weighted by Gasteiger charge is 2.22. The van der Waals surface area contributed by atoms with Crippen molar-refractivity contribution in [2.24, 2.45) is 0 Å². The number of carbonyl (C=O) groups is 1. The SMILES string of the molecule is COCCN(CCN(C)C)C(=O)c1cc(C)n(-c2ccc(F)cc2)c1C. The Bertz CT molecular complexity index is 738. The number of halogens is 1. The van der Waals surface area contributed by atoms with Gasteiger partial charge in [0.05, 0.1) is 12.2 Å². The number of benzene rings is 1. The first-order valence-corrected chi connectivity index (χ1v) is 8.73. The van der Waals surface area contributed by atoms with E-state index >= 15 is 0 Å². The fourth-order valence-electron chi connectivity index (χ4n) is 2.97. The van der Waals surface area contributed by atoms with Crippen molar-refractivity contribution in [1.29, 1.82) is 0 Å². The molecule has 0 radical (unpaired) electrons. The normalized spacial score (nSPS) is 11.2. The van der Waals surface area contributed by atoms with Crippen LogP contribution in [0.2, 0.25) is 0 Å². The second-order valence-electron chi connectivity index (χ2n) is 6.68. The molecule has 142 valence electrons. The lowest BCUT2D eigenvalue weighted by Gasteiger charge is -2.24. The van der Waals surface area contributed by atoms with Crippen LogP contribution in [0, 0.1) is 19.7 Å². The molecule has 2 rings (SSSR count). The Labute approximate surface area is 155 Å². The van der Waals surface area contributed by atoms with Crippen LogP contribution in [0.5, 0.6) is 0 Å². The second-order valence-corrected chi connectivity index (χ2v) is 6.68. The number of ether oxygens (including phenoxy) is 1. The van der Waals surface area contributed by atoms with E-state index in [4.69, 9.17) is 4.74 Å². The van der Waals surface area contributed by atoms with Gasteiger partial charge in [-0.15, -0.1) is 0 Å². The number of hydrogen-bond acceptors (Lipinski definition) is 3. The van der Waals surface area contributed by atoms with Gasteiger partial charge in [0.25, 0.3) is 5.91 Å². The van der Waals surface area contributed by atoms with Gasteiger partial charge >= 0.3 is 0 Å². The average molecular weight is 361 g/mol. The van der Waals surface area contributed by atoms with Crippen molar-refractivity contribution in [3.05, 3.63) is 53.1 Å². The minimum Gasteiger partial charge on any atom is -0.383 e. The maximum atomic E-state index is 13.2. The van der Waals surface area contributed by atoms with Crippen LogP contribution < -0.4 is 0 Å². The molecule has 5 nitrogen and oxygen atoms in total. The van der Waals surface area contributed by atoms with Gasteiger partial charge < -0.3 is 19.1 Å². The number of rotatable bonds is 8. The summed E-state index contributed by atoms with van der Waals surface area (Å²) in [5.41, 5.74) is 3.31. The fraction of sp³-hybridized carbons (Fsp3) is 0.450. The summed E-state index contributed by atoms with van der Waals surface area (Å²) in [5, 5.41) is 0. The number of methoxy groups -OCH3 is 1. The maximum Gasteiger partial charge on any atom is 0.255 e. The zero-order valence-electron chi connectivity index (χ0n) is 16.3. The minimum absolute atomic E-state index is 0.00892. The van der Waals surface area contributed by atoms with Crippen LogP contribution in [0.3, 0.4) is 0 Å². The lowest BCUT2D eigenvalue weighted by Crippen LogP contribution is -2.39. The third-order valence-electron chi connectivity index (χ3n) is 4.42. The molecular weight excluding hydrogens is 333 g/mol. The third kappa shape index (κ3) is 4.71. The van der Waals surface area contributed by atoms with E-state index in [1.165, 1.54) is 12.1 Å². The molecule has 0 saturated heterocycles. The Morgan fingerprint density at radius 1 is 1.12 bits per heavy atom. The van der Waals surface area contributed by atoms with Crippen molar-refractivity contribution in [1.82, 2.24) is 14.4 Å². The predicted molar refractivity (Wildman–Crippen MR) is 102 cm³/mol. The lowest BCUT2D eigenvalue weighted by atomic mass is 10.2. The van der Waals surface area contributed by atoms with E-state index in [9.17, 15) is 9.18 Å². The van der Waals surface area contributed by atoms with Crippen molar-refractivity contribution in [2.75, 3.05) is 47.4 Å². The number of aromatic nitrogens is 1. The quantitative estimate of drug-likeness (QED) is 0.726. The van der Waals surface area contributed by atoms with Crippen LogP contribution in [-0.4, -0.2) is 67.7 Å². The van der Waals surface area contributed by atoms with Crippen LogP contribution in [0.15, 0.2) is 30.3 Å². The van der Waals surface area contributed by atoms with Crippen LogP contribution in [0.25, 0.3) is 5.69 Å². The van der Waals surface area contributed by atoms with E-state index in [0.717, 1.165) is 23.6 Å². The summed E-state index contributed by atoms with van der Waals surface area (Å²) in [5.74, 6) is -0.285. The van der Waals surface area contributed by atoms with Gasteiger partial charge in [0, 0.05) is 43.8 Å². The summed E-state index contributed by atoms with van der Waals surface area (Å²) in [4.78, 5) is 17.0. The van der Waals surface area contributed by atoms with Crippen molar-refractivity contribution in [3.8, 4) is 5.69 Å². The lowest BCUT2D eigenvalue weighted by molar-refractivity contribution is 0.0682. The highest BCUT2D eigenvalue weighted by atomic mass is 19.1. The molecule has 1 aromatic carbocycles. The van der Waals surface area contributed by atoms with E-state index in [-0.39, 0.29) is 11.7 Å². The standard InChI is InChI=1S/C20H28FN3O2/c1-15-14-19(16(2)24(15)18-8-6-17(21)7-9-18)20(25)23(12-13-26-5)11-10-22(3)4/h6-9,14H,10-13H2,1-5H3. The van der Waals surface area contributed by atoms with Gasteiger partial charge in [-0.05, 0) is 58.3 Å². The molecule has 0 aliphatic rings. The molecule has 0 spiro atoms. The molecule has 1 amide bonds.